The Hall–Kier alpha value is -1.07. The zero-order chi connectivity index (χ0) is 15.6. The number of aryl methyl sites for hydroxylation is 1. The molecule has 1 aliphatic rings. The molecule has 0 fully saturated rings. The van der Waals surface area contributed by atoms with Crippen LogP contribution in [-0.2, 0) is 16.4 Å². The number of hydrogen-bond acceptors (Lipinski definition) is 3. The highest BCUT2D eigenvalue weighted by molar-refractivity contribution is 7.93. The van der Waals surface area contributed by atoms with Gasteiger partial charge in [0.2, 0.25) is 10.0 Å². The van der Waals surface area contributed by atoms with Crippen LogP contribution in [0, 0.1) is 0 Å². The quantitative estimate of drug-likeness (QED) is 0.909. The van der Waals surface area contributed by atoms with Crippen molar-refractivity contribution in [3.05, 3.63) is 29.8 Å². The van der Waals surface area contributed by atoms with Crippen LogP contribution >= 0.6 is 0 Å². The highest BCUT2D eigenvalue weighted by Gasteiger charge is 2.35. The number of hydrogen-bond donors (Lipinski definition) is 1. The van der Waals surface area contributed by atoms with Crippen molar-refractivity contribution in [3.63, 3.8) is 0 Å². The Kier molecular flexibility index (Phi) is 4.94. The third-order valence-corrected chi connectivity index (χ3v) is 6.35. The van der Waals surface area contributed by atoms with Gasteiger partial charge in [0.05, 0.1) is 10.9 Å². The standard InChI is InChI=1S/C16H26N2O2S/c1-12(2)17-11-14(4)21(19,20)18-13(3)9-10-15-7-5-6-8-16(15)18/h5-8,12-14,17H,9-11H2,1-4H3. The molecule has 4 nitrogen and oxygen atoms in total. The highest BCUT2D eigenvalue weighted by Crippen LogP contribution is 2.33. The van der Waals surface area contributed by atoms with Gasteiger partial charge in [0.1, 0.15) is 0 Å². The minimum atomic E-state index is -3.35. The maximum Gasteiger partial charge on any atom is 0.239 e. The lowest BCUT2D eigenvalue weighted by molar-refractivity contribution is 0.532. The largest absolute Gasteiger partial charge is 0.313 e. The van der Waals surface area contributed by atoms with Crippen molar-refractivity contribution in [1.29, 1.82) is 0 Å². The Balaban J connectivity index is 2.30. The van der Waals surface area contributed by atoms with Crippen LogP contribution in [0.1, 0.15) is 39.7 Å². The lowest BCUT2D eigenvalue weighted by Crippen LogP contribution is -2.48. The number of benzene rings is 1. The van der Waals surface area contributed by atoms with Gasteiger partial charge in [0.15, 0.2) is 0 Å². The maximum atomic E-state index is 13.0. The van der Waals surface area contributed by atoms with Gasteiger partial charge in [0.25, 0.3) is 0 Å². The molecule has 2 atom stereocenters. The Labute approximate surface area is 128 Å². The molecule has 1 aromatic rings. The third-order valence-electron chi connectivity index (χ3n) is 4.06. The van der Waals surface area contributed by atoms with Gasteiger partial charge in [0, 0.05) is 18.6 Å². The molecule has 0 radical (unpaired) electrons. The van der Waals surface area contributed by atoms with E-state index in [0.29, 0.717) is 6.54 Å². The Morgan fingerprint density at radius 1 is 1.29 bits per heavy atom. The minimum Gasteiger partial charge on any atom is -0.313 e. The number of nitrogens with zero attached hydrogens (tertiary/aromatic N) is 1. The van der Waals surface area contributed by atoms with Gasteiger partial charge in [-0.3, -0.25) is 4.31 Å². The summed E-state index contributed by atoms with van der Waals surface area (Å²) in [5.41, 5.74) is 1.98. The summed E-state index contributed by atoms with van der Waals surface area (Å²) in [6.45, 7) is 8.31. The minimum absolute atomic E-state index is 0.0198. The fourth-order valence-electron chi connectivity index (χ4n) is 2.75. The number of nitrogens with one attached hydrogen (secondary N) is 1. The van der Waals surface area contributed by atoms with E-state index < -0.39 is 15.3 Å². The normalized spacial score (nSPS) is 20.4. The number of anilines is 1. The molecule has 21 heavy (non-hydrogen) atoms. The van der Waals surface area contributed by atoms with E-state index in [1.165, 1.54) is 0 Å². The van der Waals surface area contributed by atoms with Gasteiger partial charge in [-0.05, 0) is 38.3 Å². The molecule has 0 aromatic heterocycles. The molecule has 0 aliphatic carbocycles. The van der Waals surface area contributed by atoms with Crippen LogP contribution in [0.25, 0.3) is 0 Å². The fraction of sp³-hybridized carbons (Fsp3) is 0.625. The molecule has 118 valence electrons. The number of rotatable bonds is 5. The van der Waals surface area contributed by atoms with Crippen LogP contribution in [0.2, 0.25) is 0 Å². The molecule has 0 saturated heterocycles. The zero-order valence-corrected chi connectivity index (χ0v) is 14.2. The second-order valence-corrected chi connectivity index (χ2v) is 8.46. The summed E-state index contributed by atoms with van der Waals surface area (Å²) in [6, 6.07) is 8.14. The summed E-state index contributed by atoms with van der Waals surface area (Å²) in [4.78, 5) is 0. The molecular formula is C16H26N2O2S. The van der Waals surface area contributed by atoms with Crippen molar-refractivity contribution in [1.82, 2.24) is 5.32 Å². The number of fused-ring (bicyclic) bond motifs is 1. The highest BCUT2D eigenvalue weighted by atomic mass is 32.2. The lowest BCUT2D eigenvalue weighted by Gasteiger charge is -2.37. The first-order chi connectivity index (χ1) is 9.84. The van der Waals surface area contributed by atoms with Crippen LogP contribution < -0.4 is 9.62 Å². The average Bonchev–Trinajstić information content (AvgIpc) is 2.44. The molecule has 1 heterocycles. The molecule has 0 amide bonds. The van der Waals surface area contributed by atoms with Crippen molar-refractivity contribution in [2.24, 2.45) is 0 Å². The summed E-state index contributed by atoms with van der Waals surface area (Å²) < 4.78 is 27.6. The predicted molar refractivity (Wildman–Crippen MR) is 88.2 cm³/mol. The first-order valence-corrected chi connectivity index (χ1v) is 9.19. The SMILES string of the molecule is CC(C)NCC(C)S(=O)(=O)N1c2ccccc2CCC1C. The maximum absolute atomic E-state index is 13.0. The van der Waals surface area contributed by atoms with Crippen LogP contribution in [0.5, 0.6) is 0 Å². The van der Waals surface area contributed by atoms with Crippen molar-refractivity contribution in [2.75, 3.05) is 10.8 Å². The van der Waals surface area contributed by atoms with Gasteiger partial charge in [-0.15, -0.1) is 0 Å². The van der Waals surface area contributed by atoms with Crippen LogP contribution in [0.4, 0.5) is 5.69 Å². The Morgan fingerprint density at radius 2 is 1.95 bits per heavy atom. The van der Waals surface area contributed by atoms with Gasteiger partial charge in [-0.1, -0.05) is 32.0 Å². The first kappa shape index (κ1) is 16.3. The van der Waals surface area contributed by atoms with Crippen molar-refractivity contribution >= 4 is 15.7 Å². The topological polar surface area (TPSA) is 49.4 Å². The summed E-state index contributed by atoms with van der Waals surface area (Å²) in [6.07, 6.45) is 1.82. The van der Waals surface area contributed by atoms with Gasteiger partial charge >= 0.3 is 0 Å². The summed E-state index contributed by atoms with van der Waals surface area (Å²) in [7, 11) is -3.35. The molecule has 0 spiro atoms. The van der Waals surface area contributed by atoms with Crippen LogP contribution in [0.3, 0.4) is 0 Å². The fourth-order valence-corrected chi connectivity index (χ4v) is 4.50. The van der Waals surface area contributed by atoms with Crippen LogP contribution in [-0.4, -0.2) is 32.3 Å². The van der Waals surface area contributed by atoms with Gasteiger partial charge in [-0.25, -0.2) is 8.42 Å². The number of sulfonamides is 1. The van der Waals surface area contributed by atoms with E-state index in [-0.39, 0.29) is 12.1 Å². The summed E-state index contributed by atoms with van der Waals surface area (Å²) in [5.74, 6) is 0. The van der Waals surface area contributed by atoms with E-state index in [1.54, 1.807) is 11.2 Å². The molecular weight excluding hydrogens is 284 g/mol. The Morgan fingerprint density at radius 3 is 2.62 bits per heavy atom. The van der Waals surface area contributed by atoms with Gasteiger partial charge in [-0.2, -0.15) is 0 Å². The third kappa shape index (κ3) is 3.40. The molecule has 1 N–H and O–H groups in total. The second kappa shape index (κ2) is 6.36. The van der Waals surface area contributed by atoms with Crippen molar-refractivity contribution in [2.45, 2.75) is 57.9 Å². The molecule has 0 saturated carbocycles. The average molecular weight is 310 g/mol. The van der Waals surface area contributed by atoms with E-state index >= 15 is 0 Å². The monoisotopic (exact) mass is 310 g/mol. The lowest BCUT2D eigenvalue weighted by atomic mass is 9.99. The predicted octanol–water partition coefficient (Wildman–Crippen LogP) is 2.54. The number of para-hydroxylation sites is 1. The van der Waals surface area contributed by atoms with E-state index in [4.69, 9.17) is 0 Å². The van der Waals surface area contributed by atoms with E-state index in [0.717, 1.165) is 24.1 Å². The van der Waals surface area contributed by atoms with E-state index in [9.17, 15) is 8.42 Å². The summed E-state index contributed by atoms with van der Waals surface area (Å²) in [5, 5.41) is 2.79. The molecule has 5 heteroatoms. The van der Waals surface area contributed by atoms with E-state index in [2.05, 4.69) is 5.32 Å². The first-order valence-electron chi connectivity index (χ1n) is 7.68. The van der Waals surface area contributed by atoms with Crippen molar-refractivity contribution < 1.29 is 8.42 Å². The smallest absolute Gasteiger partial charge is 0.239 e. The van der Waals surface area contributed by atoms with Gasteiger partial charge < -0.3 is 5.32 Å². The molecule has 2 unspecified atom stereocenters. The molecule has 1 aliphatic heterocycles. The Bertz CT molecular complexity index is 584. The van der Waals surface area contributed by atoms with Crippen molar-refractivity contribution in [3.8, 4) is 0 Å². The molecule has 2 rings (SSSR count). The molecule has 0 bridgehead atoms. The summed E-state index contributed by atoms with van der Waals surface area (Å²) >= 11 is 0. The zero-order valence-electron chi connectivity index (χ0n) is 13.3. The van der Waals surface area contributed by atoms with E-state index in [1.807, 2.05) is 45.0 Å². The van der Waals surface area contributed by atoms with Crippen LogP contribution in [0.15, 0.2) is 24.3 Å². The second-order valence-electron chi connectivity index (χ2n) is 6.23. The molecule has 1 aromatic carbocycles.